The highest BCUT2D eigenvalue weighted by Gasteiger charge is 2.23. The van der Waals surface area contributed by atoms with Gasteiger partial charge in [0.25, 0.3) is 0 Å². The van der Waals surface area contributed by atoms with Gasteiger partial charge in [0.05, 0.1) is 0 Å². The number of anilines is 2. The fourth-order valence-electron chi connectivity index (χ4n) is 1.78. The largest absolute Gasteiger partial charge is 0.354 e. The molecule has 1 aromatic rings. The van der Waals surface area contributed by atoms with Crippen molar-refractivity contribution >= 4 is 23.5 Å². The molecule has 0 bridgehead atoms. The molecule has 1 unspecified atom stereocenters. The summed E-state index contributed by atoms with van der Waals surface area (Å²) >= 11 is 5.85. The first-order valence-corrected chi connectivity index (χ1v) is 6.47. The molecule has 1 atom stereocenters. The van der Waals surface area contributed by atoms with Crippen molar-refractivity contribution in [3.05, 3.63) is 5.28 Å². The van der Waals surface area contributed by atoms with Gasteiger partial charge in [0.1, 0.15) is 0 Å². The zero-order valence-electron chi connectivity index (χ0n) is 10.2. The van der Waals surface area contributed by atoms with E-state index in [9.17, 15) is 0 Å². The zero-order chi connectivity index (χ0) is 12.3. The summed E-state index contributed by atoms with van der Waals surface area (Å²) in [5.41, 5.74) is 0. The van der Waals surface area contributed by atoms with E-state index in [-0.39, 0.29) is 5.28 Å². The van der Waals surface area contributed by atoms with Gasteiger partial charge in [0, 0.05) is 12.6 Å². The summed E-state index contributed by atoms with van der Waals surface area (Å²) in [6.07, 6.45) is 3.87. The van der Waals surface area contributed by atoms with E-state index in [0.717, 1.165) is 12.5 Å². The summed E-state index contributed by atoms with van der Waals surface area (Å²) in [5, 5.41) is 6.51. The van der Waals surface area contributed by atoms with E-state index in [1.54, 1.807) is 0 Å². The summed E-state index contributed by atoms with van der Waals surface area (Å²) in [7, 11) is 0. The molecular weight excluding hydrogens is 238 g/mol. The summed E-state index contributed by atoms with van der Waals surface area (Å²) in [6.45, 7) is 4.89. The van der Waals surface area contributed by atoms with Crippen molar-refractivity contribution in [2.75, 3.05) is 17.2 Å². The second-order valence-corrected chi connectivity index (χ2v) is 4.84. The van der Waals surface area contributed by atoms with Gasteiger partial charge in [0.2, 0.25) is 17.2 Å². The van der Waals surface area contributed by atoms with Crippen LogP contribution in [0.15, 0.2) is 0 Å². The topological polar surface area (TPSA) is 62.7 Å². The van der Waals surface area contributed by atoms with Crippen LogP contribution in [-0.2, 0) is 0 Å². The SMILES string of the molecule is CCNc1nc(Cl)nc(NC(C)CC2CC2)n1. The maximum atomic E-state index is 5.85. The molecule has 1 aromatic heterocycles. The van der Waals surface area contributed by atoms with Gasteiger partial charge in [-0.2, -0.15) is 15.0 Å². The Balaban J connectivity index is 1.97. The van der Waals surface area contributed by atoms with Crippen molar-refractivity contribution in [2.24, 2.45) is 5.92 Å². The molecule has 17 heavy (non-hydrogen) atoms. The molecule has 1 fully saturated rings. The van der Waals surface area contributed by atoms with Gasteiger partial charge in [-0.25, -0.2) is 0 Å². The van der Waals surface area contributed by atoms with Gasteiger partial charge in [-0.05, 0) is 37.8 Å². The van der Waals surface area contributed by atoms with Crippen molar-refractivity contribution in [1.29, 1.82) is 0 Å². The van der Waals surface area contributed by atoms with Crippen molar-refractivity contribution < 1.29 is 0 Å². The van der Waals surface area contributed by atoms with Crippen LogP contribution in [0.2, 0.25) is 5.28 Å². The molecule has 2 N–H and O–H groups in total. The predicted octanol–water partition coefficient (Wildman–Crippen LogP) is 2.56. The third-order valence-corrected chi connectivity index (χ3v) is 2.87. The summed E-state index contributed by atoms with van der Waals surface area (Å²) < 4.78 is 0. The smallest absolute Gasteiger partial charge is 0.229 e. The molecule has 1 heterocycles. The quantitative estimate of drug-likeness (QED) is 0.818. The minimum absolute atomic E-state index is 0.220. The van der Waals surface area contributed by atoms with E-state index in [1.165, 1.54) is 19.3 Å². The fourth-order valence-corrected chi connectivity index (χ4v) is 1.94. The zero-order valence-corrected chi connectivity index (χ0v) is 11.0. The lowest BCUT2D eigenvalue weighted by molar-refractivity contribution is 0.637. The number of halogens is 1. The van der Waals surface area contributed by atoms with Crippen molar-refractivity contribution in [3.63, 3.8) is 0 Å². The molecule has 1 saturated carbocycles. The van der Waals surface area contributed by atoms with Gasteiger partial charge < -0.3 is 10.6 Å². The maximum Gasteiger partial charge on any atom is 0.229 e. The van der Waals surface area contributed by atoms with Crippen LogP contribution in [-0.4, -0.2) is 27.5 Å². The van der Waals surface area contributed by atoms with Crippen LogP contribution in [0.1, 0.15) is 33.1 Å². The fraction of sp³-hybridized carbons (Fsp3) is 0.727. The van der Waals surface area contributed by atoms with E-state index in [0.29, 0.717) is 17.9 Å². The van der Waals surface area contributed by atoms with Gasteiger partial charge >= 0.3 is 0 Å². The highest BCUT2D eigenvalue weighted by Crippen LogP contribution is 2.33. The summed E-state index contributed by atoms with van der Waals surface area (Å²) in [4.78, 5) is 12.3. The Morgan fingerprint density at radius 1 is 1.29 bits per heavy atom. The van der Waals surface area contributed by atoms with Gasteiger partial charge in [-0.1, -0.05) is 12.8 Å². The molecule has 2 rings (SSSR count). The molecule has 1 aliphatic rings. The van der Waals surface area contributed by atoms with Crippen molar-refractivity contribution in [1.82, 2.24) is 15.0 Å². The second-order valence-electron chi connectivity index (χ2n) is 4.51. The molecule has 5 nitrogen and oxygen atoms in total. The minimum atomic E-state index is 0.220. The highest BCUT2D eigenvalue weighted by molar-refractivity contribution is 6.28. The molecule has 0 aromatic carbocycles. The molecule has 94 valence electrons. The van der Waals surface area contributed by atoms with E-state index in [1.807, 2.05) is 6.92 Å². The second kappa shape index (κ2) is 5.49. The first-order valence-electron chi connectivity index (χ1n) is 6.09. The number of hydrogen-bond donors (Lipinski definition) is 2. The lowest BCUT2D eigenvalue weighted by Crippen LogP contribution is -2.18. The number of nitrogens with one attached hydrogen (secondary N) is 2. The average Bonchev–Trinajstić information content (AvgIpc) is 3.00. The van der Waals surface area contributed by atoms with Crippen LogP contribution in [0.4, 0.5) is 11.9 Å². The molecule has 0 saturated heterocycles. The molecule has 6 heteroatoms. The Morgan fingerprint density at radius 2 is 2.00 bits per heavy atom. The predicted molar refractivity (Wildman–Crippen MR) is 69.4 cm³/mol. The minimum Gasteiger partial charge on any atom is -0.354 e. The van der Waals surface area contributed by atoms with Gasteiger partial charge in [0.15, 0.2) is 0 Å². The number of nitrogens with zero attached hydrogens (tertiary/aromatic N) is 3. The molecule has 0 radical (unpaired) electrons. The van der Waals surface area contributed by atoms with Gasteiger partial charge in [-0.3, -0.25) is 0 Å². The van der Waals surface area contributed by atoms with Crippen LogP contribution in [0.5, 0.6) is 0 Å². The normalized spacial score (nSPS) is 16.6. The van der Waals surface area contributed by atoms with E-state index < -0.39 is 0 Å². The van der Waals surface area contributed by atoms with Crippen LogP contribution in [0.3, 0.4) is 0 Å². The molecule has 0 aliphatic heterocycles. The molecular formula is C11H18ClN5. The third kappa shape index (κ3) is 4.00. The Morgan fingerprint density at radius 3 is 2.65 bits per heavy atom. The Bertz CT molecular complexity index is 380. The van der Waals surface area contributed by atoms with Crippen molar-refractivity contribution in [3.8, 4) is 0 Å². The Labute approximate surface area is 106 Å². The highest BCUT2D eigenvalue weighted by atomic mass is 35.5. The number of rotatable bonds is 6. The summed E-state index contributed by atoms with van der Waals surface area (Å²) in [5.74, 6) is 1.95. The lowest BCUT2D eigenvalue weighted by Gasteiger charge is -2.13. The van der Waals surface area contributed by atoms with Crippen LogP contribution < -0.4 is 10.6 Å². The van der Waals surface area contributed by atoms with E-state index >= 15 is 0 Å². The van der Waals surface area contributed by atoms with Crippen LogP contribution in [0.25, 0.3) is 0 Å². The summed E-state index contributed by atoms with van der Waals surface area (Å²) in [6, 6.07) is 0.371. The maximum absolute atomic E-state index is 5.85. The van der Waals surface area contributed by atoms with Crippen LogP contribution >= 0.6 is 11.6 Å². The van der Waals surface area contributed by atoms with Gasteiger partial charge in [-0.15, -0.1) is 0 Å². The molecule has 0 amide bonds. The van der Waals surface area contributed by atoms with Crippen molar-refractivity contribution in [2.45, 2.75) is 39.2 Å². The first-order chi connectivity index (χ1) is 8.17. The molecule has 0 spiro atoms. The monoisotopic (exact) mass is 255 g/mol. The lowest BCUT2D eigenvalue weighted by atomic mass is 10.2. The number of hydrogen-bond acceptors (Lipinski definition) is 5. The molecule has 1 aliphatic carbocycles. The standard InChI is InChI=1S/C11H18ClN5/c1-3-13-10-15-9(12)16-11(17-10)14-7(2)6-8-4-5-8/h7-8H,3-6H2,1-2H3,(H2,13,14,15,16,17). The first kappa shape index (κ1) is 12.4. The van der Waals surface area contributed by atoms with E-state index in [2.05, 4.69) is 32.5 Å². The Hall–Kier alpha value is -1.10. The average molecular weight is 256 g/mol. The number of aromatic nitrogens is 3. The van der Waals surface area contributed by atoms with Crippen LogP contribution in [0, 0.1) is 5.92 Å². The third-order valence-electron chi connectivity index (χ3n) is 2.70. The Kier molecular flexibility index (Phi) is 3.99. The van der Waals surface area contributed by atoms with E-state index in [4.69, 9.17) is 11.6 Å².